The summed E-state index contributed by atoms with van der Waals surface area (Å²) in [5.74, 6) is -0.893. The third-order valence-corrected chi connectivity index (χ3v) is 5.98. The van der Waals surface area contributed by atoms with Crippen molar-refractivity contribution < 1.29 is 40.1 Å². The Hall–Kier alpha value is -2.54. The molecule has 0 N–H and O–H groups in total. The first-order chi connectivity index (χ1) is 16.0. The molecule has 8 nitrogen and oxygen atoms in total. The summed E-state index contributed by atoms with van der Waals surface area (Å²) in [6, 6.07) is 2.18. The molecule has 0 bridgehead atoms. The van der Waals surface area contributed by atoms with Crippen molar-refractivity contribution in [2.75, 3.05) is 39.2 Å². The number of aromatic nitrogens is 2. The van der Waals surface area contributed by atoms with Gasteiger partial charge in [0.15, 0.2) is 22.3 Å². The molecule has 17 heteroatoms. The van der Waals surface area contributed by atoms with Gasteiger partial charge in [-0.05, 0) is 26.2 Å². The summed E-state index contributed by atoms with van der Waals surface area (Å²) in [6.45, 7) is 0.0368. The molecule has 0 aliphatic heterocycles. The lowest BCUT2D eigenvalue weighted by atomic mass is 10.2. The van der Waals surface area contributed by atoms with Crippen molar-refractivity contribution in [1.82, 2.24) is 14.7 Å². The molecule has 1 aromatic heterocycles. The molecular weight excluding hydrogens is 551 g/mol. The van der Waals surface area contributed by atoms with Crippen LogP contribution in [0.15, 0.2) is 17.0 Å². The van der Waals surface area contributed by atoms with Crippen molar-refractivity contribution in [3.8, 4) is 11.8 Å². The van der Waals surface area contributed by atoms with Crippen molar-refractivity contribution in [3.05, 3.63) is 33.4 Å². The number of nitrogens with zero attached hydrogens (tertiary/aromatic N) is 5. The molecule has 1 atom stereocenters. The highest BCUT2D eigenvalue weighted by atomic mass is 35.5. The monoisotopic (exact) mass is 565 g/mol. The zero-order chi connectivity index (χ0) is 26.9. The van der Waals surface area contributed by atoms with E-state index in [2.05, 4.69) is 5.10 Å². The van der Waals surface area contributed by atoms with Crippen LogP contribution in [0.1, 0.15) is 11.3 Å². The number of carbonyl (C=O) groups excluding carboxylic acids is 1. The van der Waals surface area contributed by atoms with E-state index in [-0.39, 0.29) is 13.2 Å². The number of hydrogen-bond donors (Lipinski definition) is 0. The van der Waals surface area contributed by atoms with Crippen LogP contribution >= 0.6 is 23.2 Å². The summed E-state index contributed by atoms with van der Waals surface area (Å²) in [5.41, 5.74) is -8.29. The number of carbonyl (C=O) groups is 1. The van der Waals surface area contributed by atoms with Crippen LogP contribution in [0, 0.1) is 11.3 Å². The Labute approximate surface area is 207 Å². The van der Waals surface area contributed by atoms with E-state index in [9.17, 15) is 40.6 Å². The molecule has 1 unspecified atom stereocenters. The Balaban J connectivity index is 2.81. The van der Waals surface area contributed by atoms with E-state index >= 15 is 0 Å². The SMILES string of the molecule is CN(C)CCOC(=O)N(C)c1c(S(=O)C(F)(F)F)c(C#N)nn1-c1c(Cl)cc(C(F)(F)F)cc1Cl. The van der Waals surface area contributed by atoms with Crippen LogP contribution in [0.5, 0.6) is 0 Å². The van der Waals surface area contributed by atoms with E-state index in [1.165, 1.54) is 6.07 Å². The Morgan fingerprint density at radius 1 is 1.17 bits per heavy atom. The van der Waals surface area contributed by atoms with Crippen molar-refractivity contribution in [1.29, 1.82) is 5.26 Å². The third kappa shape index (κ3) is 6.37. The topological polar surface area (TPSA) is 91.5 Å². The van der Waals surface area contributed by atoms with Crippen LogP contribution in [-0.4, -0.2) is 64.8 Å². The van der Waals surface area contributed by atoms with E-state index in [0.29, 0.717) is 21.7 Å². The molecule has 0 radical (unpaired) electrons. The second-order valence-electron chi connectivity index (χ2n) is 7.00. The van der Waals surface area contributed by atoms with Gasteiger partial charge in [0, 0.05) is 13.6 Å². The predicted molar refractivity (Wildman–Crippen MR) is 114 cm³/mol. The van der Waals surface area contributed by atoms with Crippen LogP contribution in [0.2, 0.25) is 10.0 Å². The number of nitriles is 1. The van der Waals surface area contributed by atoms with Crippen molar-refractivity contribution >= 4 is 45.9 Å². The molecule has 2 rings (SSSR count). The minimum absolute atomic E-state index is 0.200. The maximum Gasteiger partial charge on any atom is 0.476 e. The van der Waals surface area contributed by atoms with E-state index in [1.807, 2.05) is 0 Å². The molecule has 1 amide bonds. The number of halogens is 8. The fourth-order valence-electron chi connectivity index (χ4n) is 2.64. The van der Waals surface area contributed by atoms with Gasteiger partial charge in [0.25, 0.3) is 0 Å². The number of alkyl halides is 6. The zero-order valence-corrected chi connectivity index (χ0v) is 20.3. The first-order valence-corrected chi connectivity index (χ1v) is 11.0. The molecule has 0 fully saturated rings. The minimum atomic E-state index is -5.39. The molecule has 35 heavy (non-hydrogen) atoms. The number of amides is 1. The van der Waals surface area contributed by atoms with Crippen molar-refractivity contribution in [3.63, 3.8) is 0 Å². The third-order valence-electron chi connectivity index (χ3n) is 4.23. The Bertz CT molecular complexity index is 1170. The van der Waals surface area contributed by atoms with E-state index in [1.54, 1.807) is 19.0 Å². The van der Waals surface area contributed by atoms with Gasteiger partial charge in [-0.25, -0.2) is 13.7 Å². The average Bonchev–Trinajstić information content (AvgIpc) is 3.09. The summed E-state index contributed by atoms with van der Waals surface area (Å²) in [7, 11) is 0.354. The fourth-order valence-corrected chi connectivity index (χ4v) is 4.17. The number of likely N-dealkylation sites (N-methyl/N-ethyl adjacent to an activating group) is 1. The van der Waals surface area contributed by atoms with Crippen LogP contribution in [0.4, 0.5) is 37.0 Å². The fraction of sp³-hybridized carbons (Fsp3) is 0.389. The van der Waals surface area contributed by atoms with E-state index in [0.717, 1.165) is 7.05 Å². The van der Waals surface area contributed by atoms with E-state index < -0.39 is 66.3 Å². The predicted octanol–water partition coefficient (Wildman–Crippen LogP) is 4.83. The Morgan fingerprint density at radius 2 is 1.71 bits per heavy atom. The van der Waals surface area contributed by atoms with E-state index in [4.69, 9.17) is 27.9 Å². The molecule has 1 heterocycles. The Kier molecular flexibility index (Phi) is 8.70. The van der Waals surface area contributed by atoms with Crippen LogP contribution < -0.4 is 4.90 Å². The normalized spacial score (nSPS) is 13.0. The lowest BCUT2D eigenvalue weighted by molar-refractivity contribution is -0.137. The molecule has 1 aromatic carbocycles. The zero-order valence-electron chi connectivity index (χ0n) is 18.0. The number of ether oxygens (including phenoxy) is 1. The van der Waals surface area contributed by atoms with Gasteiger partial charge < -0.3 is 9.64 Å². The Morgan fingerprint density at radius 3 is 2.14 bits per heavy atom. The highest BCUT2D eigenvalue weighted by Crippen LogP contribution is 2.42. The average molecular weight is 566 g/mol. The van der Waals surface area contributed by atoms with Crippen molar-refractivity contribution in [2.45, 2.75) is 16.6 Å². The molecule has 0 saturated heterocycles. The highest BCUT2D eigenvalue weighted by molar-refractivity contribution is 7.86. The molecule has 0 aliphatic carbocycles. The number of benzene rings is 1. The van der Waals surface area contributed by atoms with Gasteiger partial charge in [-0.15, -0.1) is 0 Å². The highest BCUT2D eigenvalue weighted by Gasteiger charge is 2.44. The van der Waals surface area contributed by atoms with Gasteiger partial charge in [-0.2, -0.15) is 36.7 Å². The van der Waals surface area contributed by atoms with Gasteiger partial charge in [0.1, 0.15) is 23.3 Å². The molecule has 0 saturated carbocycles. The first kappa shape index (κ1) is 28.7. The maximum atomic E-state index is 13.4. The number of hydrogen-bond acceptors (Lipinski definition) is 6. The maximum absolute atomic E-state index is 13.4. The molecule has 0 aliphatic rings. The summed E-state index contributed by atoms with van der Waals surface area (Å²) in [5, 5.41) is 11.5. The smallest absolute Gasteiger partial charge is 0.448 e. The summed E-state index contributed by atoms with van der Waals surface area (Å²) in [4.78, 5) is 13.4. The lowest BCUT2D eigenvalue weighted by Crippen LogP contribution is -2.32. The first-order valence-electron chi connectivity index (χ1n) is 9.14. The second-order valence-corrected chi connectivity index (χ2v) is 9.23. The van der Waals surface area contributed by atoms with Gasteiger partial charge in [-0.3, -0.25) is 4.90 Å². The van der Waals surface area contributed by atoms with Gasteiger partial charge >= 0.3 is 17.8 Å². The van der Waals surface area contributed by atoms with Gasteiger partial charge in [-0.1, -0.05) is 23.2 Å². The van der Waals surface area contributed by atoms with Crippen molar-refractivity contribution in [2.24, 2.45) is 0 Å². The molecule has 2 aromatic rings. The number of anilines is 1. The summed E-state index contributed by atoms with van der Waals surface area (Å²) >= 11 is 11.9. The van der Waals surface area contributed by atoms with Crippen LogP contribution in [-0.2, 0) is 21.7 Å². The summed E-state index contributed by atoms with van der Waals surface area (Å²) in [6.07, 6.45) is -6.11. The van der Waals surface area contributed by atoms with Gasteiger partial charge in [0.2, 0.25) is 0 Å². The standard InChI is InChI=1S/C18H15Cl2F6N5O3S/c1-29(2)4-5-34-16(32)30(3)15-14(35(33)18(24,25)26)12(8-27)28-31(15)13-10(19)6-9(7-11(13)20)17(21,22)23/h6-7H,4-5H2,1-3H3. The van der Waals surface area contributed by atoms with Crippen LogP contribution in [0.3, 0.4) is 0 Å². The summed E-state index contributed by atoms with van der Waals surface area (Å²) < 4.78 is 97.2. The molecular formula is C18H15Cl2F6N5O3S. The largest absolute Gasteiger partial charge is 0.476 e. The molecule has 192 valence electrons. The number of rotatable bonds is 6. The minimum Gasteiger partial charge on any atom is -0.448 e. The quantitative estimate of drug-likeness (QED) is 0.466. The lowest BCUT2D eigenvalue weighted by Gasteiger charge is -2.22. The second kappa shape index (κ2) is 10.6. The van der Waals surface area contributed by atoms with Crippen LogP contribution in [0.25, 0.3) is 5.69 Å². The van der Waals surface area contributed by atoms with Gasteiger partial charge in [0.05, 0.1) is 15.6 Å². The molecule has 0 spiro atoms.